The van der Waals surface area contributed by atoms with Crippen LogP contribution in [0.1, 0.15) is 28.5 Å². The number of aromatic carboxylic acids is 1. The van der Waals surface area contributed by atoms with E-state index in [4.69, 9.17) is 14.3 Å². The molecule has 3 aromatic rings. The number of nitrogens with one attached hydrogen (secondary N) is 1. The number of carbonyl (C=O) groups is 1. The van der Waals surface area contributed by atoms with Crippen LogP contribution in [0.2, 0.25) is 0 Å². The summed E-state index contributed by atoms with van der Waals surface area (Å²) in [5, 5.41) is 12.4. The van der Waals surface area contributed by atoms with Crippen molar-refractivity contribution in [1.29, 1.82) is 0 Å². The minimum absolute atomic E-state index is 0.151. The Morgan fingerprint density at radius 1 is 1.31 bits per heavy atom. The molecule has 0 radical (unpaired) electrons. The summed E-state index contributed by atoms with van der Waals surface area (Å²) in [6.07, 6.45) is 2.31. The summed E-state index contributed by atoms with van der Waals surface area (Å²) < 4.78 is 10.7. The minimum atomic E-state index is -1.01. The maximum absolute atomic E-state index is 11.2. The fraction of sp³-hybridized carbons (Fsp3) is 0.211. The molecule has 7 heteroatoms. The zero-order valence-corrected chi connectivity index (χ0v) is 14.7. The van der Waals surface area contributed by atoms with Crippen molar-refractivity contribution < 1.29 is 19.1 Å². The van der Waals surface area contributed by atoms with E-state index in [2.05, 4.69) is 15.3 Å². The number of aryl methyl sites for hydroxylation is 1. The molecule has 0 saturated heterocycles. The SMILES string of the molecule is CCc1c(C)nc(-c2ccco2)nc1Nc1ccc(C(=O)O)cc1OC. The van der Waals surface area contributed by atoms with Gasteiger partial charge in [0.1, 0.15) is 11.6 Å². The van der Waals surface area contributed by atoms with E-state index in [1.807, 2.05) is 13.8 Å². The van der Waals surface area contributed by atoms with Crippen LogP contribution in [0.5, 0.6) is 5.75 Å². The van der Waals surface area contributed by atoms with E-state index < -0.39 is 5.97 Å². The fourth-order valence-electron chi connectivity index (χ4n) is 2.69. The van der Waals surface area contributed by atoms with Gasteiger partial charge in [0.05, 0.1) is 24.6 Å². The van der Waals surface area contributed by atoms with Crippen LogP contribution in [-0.2, 0) is 6.42 Å². The first kappa shape index (κ1) is 17.5. The Labute approximate surface area is 150 Å². The Morgan fingerprint density at radius 3 is 2.73 bits per heavy atom. The molecule has 3 rings (SSSR count). The van der Waals surface area contributed by atoms with Crippen molar-refractivity contribution in [3.8, 4) is 17.3 Å². The first-order valence-electron chi connectivity index (χ1n) is 8.13. The Balaban J connectivity index is 2.05. The summed E-state index contributed by atoms with van der Waals surface area (Å²) in [7, 11) is 1.49. The Kier molecular flexibility index (Phi) is 4.88. The van der Waals surface area contributed by atoms with Gasteiger partial charge < -0.3 is 19.6 Å². The van der Waals surface area contributed by atoms with Gasteiger partial charge in [-0.05, 0) is 43.7 Å². The van der Waals surface area contributed by atoms with Crippen molar-refractivity contribution in [3.63, 3.8) is 0 Å². The van der Waals surface area contributed by atoms with Crippen LogP contribution in [0, 0.1) is 6.92 Å². The lowest BCUT2D eigenvalue weighted by atomic mass is 10.1. The van der Waals surface area contributed by atoms with E-state index >= 15 is 0 Å². The van der Waals surface area contributed by atoms with Crippen molar-refractivity contribution >= 4 is 17.5 Å². The molecular formula is C19H19N3O4. The number of benzene rings is 1. The molecule has 0 amide bonds. The molecule has 1 aromatic carbocycles. The molecule has 7 nitrogen and oxygen atoms in total. The largest absolute Gasteiger partial charge is 0.495 e. The molecule has 0 aliphatic rings. The molecule has 0 aliphatic carbocycles. The third kappa shape index (κ3) is 3.37. The summed E-state index contributed by atoms with van der Waals surface area (Å²) in [5.41, 5.74) is 2.58. The Morgan fingerprint density at radius 2 is 2.12 bits per heavy atom. The van der Waals surface area contributed by atoms with Crippen LogP contribution in [0.25, 0.3) is 11.6 Å². The third-order valence-electron chi connectivity index (χ3n) is 4.01. The zero-order valence-electron chi connectivity index (χ0n) is 14.7. The van der Waals surface area contributed by atoms with Gasteiger partial charge in [0.15, 0.2) is 11.6 Å². The topological polar surface area (TPSA) is 97.5 Å². The smallest absolute Gasteiger partial charge is 0.335 e. The lowest BCUT2D eigenvalue weighted by Crippen LogP contribution is -2.06. The molecule has 0 spiro atoms. The second-order valence-corrected chi connectivity index (χ2v) is 5.64. The van der Waals surface area contributed by atoms with E-state index in [0.29, 0.717) is 28.8 Å². The second kappa shape index (κ2) is 7.26. The van der Waals surface area contributed by atoms with Gasteiger partial charge in [-0.3, -0.25) is 0 Å². The highest BCUT2D eigenvalue weighted by Crippen LogP contribution is 2.31. The molecule has 0 aliphatic heterocycles. The summed E-state index contributed by atoms with van der Waals surface area (Å²) in [6, 6.07) is 8.22. The molecule has 0 saturated carbocycles. The lowest BCUT2D eigenvalue weighted by molar-refractivity contribution is 0.0696. The maximum Gasteiger partial charge on any atom is 0.335 e. The highest BCUT2D eigenvalue weighted by molar-refractivity contribution is 5.89. The van der Waals surface area contributed by atoms with Crippen LogP contribution in [-0.4, -0.2) is 28.2 Å². The number of nitrogens with zero attached hydrogens (tertiary/aromatic N) is 2. The molecule has 26 heavy (non-hydrogen) atoms. The summed E-state index contributed by atoms with van der Waals surface area (Å²) in [4.78, 5) is 20.3. The molecule has 2 N–H and O–H groups in total. The van der Waals surface area contributed by atoms with E-state index in [-0.39, 0.29) is 5.56 Å². The molecule has 0 atom stereocenters. The molecule has 2 heterocycles. The predicted molar refractivity (Wildman–Crippen MR) is 97.1 cm³/mol. The van der Waals surface area contributed by atoms with E-state index in [9.17, 15) is 4.79 Å². The van der Waals surface area contributed by atoms with Crippen molar-refractivity contribution in [1.82, 2.24) is 9.97 Å². The molecule has 0 unspecified atom stereocenters. The van der Waals surface area contributed by atoms with Gasteiger partial charge in [0.2, 0.25) is 0 Å². The van der Waals surface area contributed by atoms with Crippen LogP contribution in [0.15, 0.2) is 41.0 Å². The number of anilines is 2. The van der Waals surface area contributed by atoms with Crippen molar-refractivity contribution in [3.05, 3.63) is 53.4 Å². The number of methoxy groups -OCH3 is 1. The van der Waals surface area contributed by atoms with Crippen LogP contribution < -0.4 is 10.1 Å². The summed E-state index contributed by atoms with van der Waals surface area (Å²) in [5.74, 6) is 1.10. The number of carboxylic acid groups (broad SMARTS) is 1. The first-order valence-corrected chi connectivity index (χ1v) is 8.13. The van der Waals surface area contributed by atoms with Gasteiger partial charge in [-0.25, -0.2) is 14.8 Å². The standard InChI is InChI=1S/C19H19N3O4/c1-4-13-11(2)20-18(15-6-5-9-26-15)22-17(13)21-14-8-7-12(19(23)24)10-16(14)25-3/h5-10H,4H2,1-3H3,(H,23,24)(H,20,21,22). The van der Waals surface area contributed by atoms with Crippen molar-refractivity contribution in [2.75, 3.05) is 12.4 Å². The van der Waals surface area contributed by atoms with Gasteiger partial charge >= 0.3 is 5.97 Å². The Bertz CT molecular complexity index is 936. The van der Waals surface area contributed by atoms with Crippen LogP contribution >= 0.6 is 0 Å². The predicted octanol–water partition coefficient (Wildman–Crippen LogP) is 4.06. The fourth-order valence-corrected chi connectivity index (χ4v) is 2.69. The third-order valence-corrected chi connectivity index (χ3v) is 4.01. The van der Waals surface area contributed by atoms with E-state index in [1.165, 1.54) is 19.2 Å². The lowest BCUT2D eigenvalue weighted by Gasteiger charge is -2.15. The molecule has 0 fully saturated rings. The van der Waals surface area contributed by atoms with E-state index in [0.717, 1.165) is 17.7 Å². The highest BCUT2D eigenvalue weighted by atomic mass is 16.5. The minimum Gasteiger partial charge on any atom is -0.495 e. The molecular weight excluding hydrogens is 334 g/mol. The molecule has 2 aromatic heterocycles. The number of carboxylic acids is 1. The van der Waals surface area contributed by atoms with Crippen molar-refractivity contribution in [2.45, 2.75) is 20.3 Å². The summed E-state index contributed by atoms with van der Waals surface area (Å²) >= 11 is 0. The van der Waals surface area contributed by atoms with Crippen LogP contribution in [0.4, 0.5) is 11.5 Å². The number of hydrogen-bond donors (Lipinski definition) is 2. The van der Waals surface area contributed by atoms with Gasteiger partial charge in [0, 0.05) is 11.3 Å². The van der Waals surface area contributed by atoms with Gasteiger partial charge in [-0.1, -0.05) is 6.92 Å². The normalized spacial score (nSPS) is 10.6. The van der Waals surface area contributed by atoms with Crippen LogP contribution in [0.3, 0.4) is 0 Å². The number of aromatic nitrogens is 2. The number of hydrogen-bond acceptors (Lipinski definition) is 6. The maximum atomic E-state index is 11.2. The number of ether oxygens (including phenoxy) is 1. The summed E-state index contributed by atoms with van der Waals surface area (Å²) in [6.45, 7) is 3.94. The molecule has 0 bridgehead atoms. The second-order valence-electron chi connectivity index (χ2n) is 5.64. The van der Waals surface area contributed by atoms with E-state index in [1.54, 1.807) is 24.5 Å². The van der Waals surface area contributed by atoms with Gasteiger partial charge in [-0.2, -0.15) is 0 Å². The quantitative estimate of drug-likeness (QED) is 0.689. The molecule has 134 valence electrons. The number of rotatable bonds is 6. The number of furan rings is 1. The van der Waals surface area contributed by atoms with Gasteiger partial charge in [-0.15, -0.1) is 0 Å². The van der Waals surface area contributed by atoms with Gasteiger partial charge in [0.25, 0.3) is 0 Å². The van der Waals surface area contributed by atoms with Crippen molar-refractivity contribution in [2.24, 2.45) is 0 Å². The Hall–Kier alpha value is -3.35. The monoisotopic (exact) mass is 353 g/mol. The average molecular weight is 353 g/mol. The zero-order chi connectivity index (χ0) is 18.7. The highest BCUT2D eigenvalue weighted by Gasteiger charge is 2.16. The first-order chi connectivity index (χ1) is 12.5. The average Bonchev–Trinajstić information content (AvgIpc) is 3.16.